The smallest absolute Gasteiger partial charge is 0.243 e. The maximum absolute atomic E-state index is 12.9. The molecule has 0 spiro atoms. The van der Waals surface area contributed by atoms with Gasteiger partial charge in [0, 0.05) is 25.4 Å². The zero-order chi connectivity index (χ0) is 18.0. The van der Waals surface area contributed by atoms with Crippen LogP contribution in [0.15, 0.2) is 47.5 Å². The molecule has 1 fully saturated rings. The van der Waals surface area contributed by atoms with Crippen LogP contribution in [0, 0.1) is 0 Å². The van der Waals surface area contributed by atoms with Crippen LogP contribution in [0.2, 0.25) is 0 Å². The van der Waals surface area contributed by atoms with Gasteiger partial charge in [-0.3, -0.25) is 4.98 Å². The van der Waals surface area contributed by atoms with E-state index in [1.807, 2.05) is 18.2 Å². The molecule has 2 aromatic rings. The molecule has 138 valence electrons. The monoisotopic (exact) mass is 376 g/mol. The van der Waals surface area contributed by atoms with E-state index in [-0.39, 0.29) is 11.0 Å². The lowest BCUT2D eigenvalue weighted by Crippen LogP contribution is -2.30. The molecule has 0 saturated carbocycles. The van der Waals surface area contributed by atoms with Gasteiger partial charge in [-0.25, -0.2) is 8.42 Å². The number of hydrogen-bond acceptors (Lipinski definition) is 6. The quantitative estimate of drug-likeness (QED) is 0.792. The second kappa shape index (κ2) is 7.22. The third-order valence-corrected chi connectivity index (χ3v) is 6.31. The molecule has 0 unspecified atom stereocenters. The summed E-state index contributed by atoms with van der Waals surface area (Å²) in [6.45, 7) is 2.04. The highest BCUT2D eigenvalue weighted by Crippen LogP contribution is 2.34. The van der Waals surface area contributed by atoms with Crippen molar-refractivity contribution in [3.05, 3.63) is 48.3 Å². The number of rotatable bonds is 5. The number of pyridine rings is 1. The van der Waals surface area contributed by atoms with E-state index in [1.54, 1.807) is 18.3 Å². The predicted molar refractivity (Wildman–Crippen MR) is 93.6 cm³/mol. The van der Waals surface area contributed by atoms with E-state index in [0.717, 1.165) is 5.69 Å². The summed E-state index contributed by atoms with van der Waals surface area (Å²) in [5.41, 5.74) is 0.834. The minimum atomic E-state index is -3.59. The molecule has 0 bridgehead atoms. The summed E-state index contributed by atoms with van der Waals surface area (Å²) in [7, 11) is -3.59. The van der Waals surface area contributed by atoms with Crippen molar-refractivity contribution in [1.82, 2.24) is 9.29 Å². The van der Waals surface area contributed by atoms with Crippen molar-refractivity contribution in [1.29, 1.82) is 0 Å². The number of ether oxygens (including phenoxy) is 3. The second-order valence-electron chi connectivity index (χ2n) is 6.21. The topological polar surface area (TPSA) is 78.0 Å². The molecule has 1 aromatic heterocycles. The fourth-order valence-corrected chi connectivity index (χ4v) is 4.57. The van der Waals surface area contributed by atoms with Crippen molar-refractivity contribution >= 4 is 10.0 Å². The second-order valence-corrected chi connectivity index (χ2v) is 8.15. The van der Waals surface area contributed by atoms with Gasteiger partial charge in [0.2, 0.25) is 10.0 Å². The molecule has 7 nitrogen and oxygen atoms in total. The molecule has 2 aliphatic rings. The average molecular weight is 376 g/mol. The minimum Gasteiger partial charge on any atom is -0.486 e. The predicted octanol–water partition coefficient (Wildman–Crippen LogP) is 1.83. The highest BCUT2D eigenvalue weighted by Gasteiger charge is 2.33. The van der Waals surface area contributed by atoms with Gasteiger partial charge >= 0.3 is 0 Å². The zero-order valence-electron chi connectivity index (χ0n) is 14.2. The summed E-state index contributed by atoms with van der Waals surface area (Å²) in [6.07, 6.45) is 2.24. The van der Waals surface area contributed by atoms with Crippen molar-refractivity contribution in [3.63, 3.8) is 0 Å². The van der Waals surface area contributed by atoms with Crippen LogP contribution in [0.25, 0.3) is 0 Å². The van der Waals surface area contributed by atoms with Crippen LogP contribution in [0.5, 0.6) is 11.5 Å². The van der Waals surface area contributed by atoms with Gasteiger partial charge in [-0.05, 0) is 30.7 Å². The molecule has 8 heteroatoms. The Bertz CT molecular complexity index is 872. The molecule has 3 heterocycles. The Balaban J connectivity index is 1.42. The Hall–Kier alpha value is -2.16. The molecule has 2 aliphatic heterocycles. The van der Waals surface area contributed by atoms with Crippen molar-refractivity contribution in [2.24, 2.45) is 0 Å². The van der Waals surface area contributed by atoms with Gasteiger partial charge in [-0.2, -0.15) is 4.31 Å². The van der Waals surface area contributed by atoms with Crippen molar-refractivity contribution in [3.8, 4) is 11.5 Å². The maximum Gasteiger partial charge on any atom is 0.243 e. The number of hydrogen-bond donors (Lipinski definition) is 0. The fourth-order valence-electron chi connectivity index (χ4n) is 3.07. The van der Waals surface area contributed by atoms with Gasteiger partial charge in [0.25, 0.3) is 0 Å². The van der Waals surface area contributed by atoms with Gasteiger partial charge in [0.1, 0.15) is 13.2 Å². The molecule has 1 atom stereocenters. The summed E-state index contributed by atoms with van der Waals surface area (Å²) in [5.74, 6) is 1.05. The lowest BCUT2D eigenvalue weighted by molar-refractivity contribution is 0.0489. The first kappa shape index (κ1) is 17.3. The molecule has 0 radical (unpaired) electrons. The van der Waals surface area contributed by atoms with Crippen LogP contribution in [0.1, 0.15) is 12.1 Å². The van der Waals surface area contributed by atoms with E-state index in [4.69, 9.17) is 14.2 Å². The molecular formula is C18H20N2O5S. The summed E-state index contributed by atoms with van der Waals surface area (Å²) < 4.78 is 44.0. The van der Waals surface area contributed by atoms with E-state index in [1.165, 1.54) is 10.4 Å². The first-order valence-electron chi connectivity index (χ1n) is 8.54. The first-order chi connectivity index (χ1) is 12.6. The van der Waals surface area contributed by atoms with Crippen LogP contribution in [-0.4, -0.2) is 50.1 Å². The van der Waals surface area contributed by atoms with Gasteiger partial charge in [-0.15, -0.1) is 0 Å². The van der Waals surface area contributed by atoms with Crippen LogP contribution in [-0.2, 0) is 21.4 Å². The van der Waals surface area contributed by atoms with Gasteiger partial charge in [0.05, 0.1) is 23.3 Å². The standard InChI is InChI=1S/C18H20N2O5S/c21-26(22,16-4-5-17-18(11-16)24-10-9-23-17)20-8-6-15(12-20)25-13-14-3-1-2-7-19-14/h1-5,7,11,15H,6,8-10,12-13H2/t15-/m0/s1. The largest absolute Gasteiger partial charge is 0.486 e. The number of sulfonamides is 1. The number of nitrogens with zero attached hydrogens (tertiary/aromatic N) is 2. The number of fused-ring (bicyclic) bond motifs is 1. The van der Waals surface area contributed by atoms with Crippen LogP contribution in [0.4, 0.5) is 0 Å². The molecule has 0 aliphatic carbocycles. The Morgan fingerprint density at radius 2 is 2.00 bits per heavy atom. The van der Waals surface area contributed by atoms with E-state index in [9.17, 15) is 8.42 Å². The Kier molecular flexibility index (Phi) is 4.80. The van der Waals surface area contributed by atoms with Crippen molar-refractivity contribution < 1.29 is 22.6 Å². The summed E-state index contributed by atoms with van der Waals surface area (Å²) in [6, 6.07) is 10.4. The van der Waals surface area contributed by atoms with E-state index < -0.39 is 10.0 Å². The molecule has 0 N–H and O–H groups in total. The normalized spacial score (nSPS) is 20.2. The van der Waals surface area contributed by atoms with Gasteiger partial charge in [-0.1, -0.05) is 6.07 Å². The van der Waals surface area contributed by atoms with E-state index in [0.29, 0.717) is 50.8 Å². The molecule has 4 rings (SSSR count). The van der Waals surface area contributed by atoms with Gasteiger partial charge < -0.3 is 14.2 Å². The summed E-state index contributed by atoms with van der Waals surface area (Å²) in [4.78, 5) is 4.43. The molecule has 0 amide bonds. The Labute approximate surface area is 152 Å². The third-order valence-electron chi connectivity index (χ3n) is 4.45. The van der Waals surface area contributed by atoms with Crippen molar-refractivity contribution in [2.45, 2.75) is 24.0 Å². The maximum atomic E-state index is 12.9. The summed E-state index contributed by atoms with van der Waals surface area (Å²) >= 11 is 0. The highest BCUT2D eigenvalue weighted by molar-refractivity contribution is 7.89. The van der Waals surface area contributed by atoms with Crippen LogP contribution >= 0.6 is 0 Å². The minimum absolute atomic E-state index is 0.135. The van der Waals surface area contributed by atoms with Gasteiger partial charge in [0.15, 0.2) is 11.5 Å². The average Bonchev–Trinajstić information content (AvgIpc) is 3.17. The number of aromatic nitrogens is 1. The van der Waals surface area contributed by atoms with Crippen LogP contribution < -0.4 is 9.47 Å². The lowest BCUT2D eigenvalue weighted by Gasteiger charge is -2.21. The van der Waals surface area contributed by atoms with E-state index >= 15 is 0 Å². The van der Waals surface area contributed by atoms with E-state index in [2.05, 4.69) is 4.98 Å². The lowest BCUT2D eigenvalue weighted by atomic mass is 10.3. The Morgan fingerprint density at radius 3 is 2.81 bits per heavy atom. The Morgan fingerprint density at radius 1 is 1.15 bits per heavy atom. The molecule has 1 saturated heterocycles. The number of benzene rings is 1. The zero-order valence-corrected chi connectivity index (χ0v) is 15.0. The fraction of sp³-hybridized carbons (Fsp3) is 0.389. The van der Waals surface area contributed by atoms with Crippen molar-refractivity contribution in [2.75, 3.05) is 26.3 Å². The third kappa shape index (κ3) is 3.53. The summed E-state index contributed by atoms with van der Waals surface area (Å²) in [5, 5.41) is 0. The molecule has 26 heavy (non-hydrogen) atoms. The molecule has 1 aromatic carbocycles. The SMILES string of the molecule is O=S(=O)(c1ccc2c(c1)OCCO2)N1CC[C@H](OCc2ccccn2)C1. The first-order valence-corrected chi connectivity index (χ1v) is 9.98. The molecular weight excluding hydrogens is 356 g/mol. The highest BCUT2D eigenvalue weighted by atomic mass is 32.2. The van der Waals surface area contributed by atoms with Crippen LogP contribution in [0.3, 0.4) is 0 Å².